The zero-order chi connectivity index (χ0) is 15.7. The number of likely N-dealkylation sites (tertiary alicyclic amines) is 2. The lowest BCUT2D eigenvalue weighted by Gasteiger charge is -2.34. The van der Waals surface area contributed by atoms with Gasteiger partial charge in [0.05, 0.1) is 0 Å². The molecule has 3 rings (SSSR count). The quantitative estimate of drug-likeness (QED) is 0.831. The Bertz CT molecular complexity index is 524. The third-order valence-electron chi connectivity index (χ3n) is 5.20. The fourth-order valence-electron chi connectivity index (χ4n) is 3.80. The van der Waals surface area contributed by atoms with E-state index >= 15 is 0 Å². The lowest BCUT2D eigenvalue weighted by molar-refractivity contribution is 0.0774. The van der Waals surface area contributed by atoms with Gasteiger partial charge in [-0.1, -0.05) is 0 Å². The second-order valence-corrected chi connectivity index (χ2v) is 7.13. The average molecular weight is 304 g/mol. The van der Waals surface area contributed by atoms with Crippen LogP contribution in [-0.2, 0) is 7.05 Å². The molecule has 2 fully saturated rings. The van der Waals surface area contributed by atoms with Crippen molar-refractivity contribution in [1.82, 2.24) is 19.3 Å². The topological polar surface area (TPSA) is 31.7 Å². The minimum atomic E-state index is 0.196. The normalized spacial score (nSPS) is 25.7. The molecule has 0 radical (unpaired) electrons. The van der Waals surface area contributed by atoms with E-state index in [9.17, 15) is 4.79 Å². The van der Waals surface area contributed by atoms with Crippen LogP contribution >= 0.6 is 0 Å². The van der Waals surface area contributed by atoms with Gasteiger partial charge in [0.2, 0.25) is 0 Å². The van der Waals surface area contributed by atoms with Crippen molar-refractivity contribution in [3.8, 4) is 0 Å². The van der Waals surface area contributed by atoms with Crippen molar-refractivity contribution in [2.45, 2.75) is 6.42 Å². The number of piperidine rings is 1. The number of aromatic nitrogens is 1. The van der Waals surface area contributed by atoms with E-state index < -0.39 is 0 Å². The van der Waals surface area contributed by atoms with Crippen LogP contribution in [0.3, 0.4) is 0 Å². The van der Waals surface area contributed by atoms with E-state index in [1.807, 2.05) is 29.9 Å². The Morgan fingerprint density at radius 1 is 1.27 bits per heavy atom. The molecule has 0 aromatic carbocycles. The number of carbonyl (C=O) groups is 1. The Kier molecular flexibility index (Phi) is 4.54. The Morgan fingerprint density at radius 2 is 2.05 bits per heavy atom. The number of fused-ring (bicyclic) bond motifs is 1. The molecule has 0 spiro atoms. The van der Waals surface area contributed by atoms with Gasteiger partial charge >= 0.3 is 0 Å². The maximum Gasteiger partial charge on any atom is 0.270 e. The fourth-order valence-corrected chi connectivity index (χ4v) is 3.80. The van der Waals surface area contributed by atoms with Crippen LogP contribution in [0.1, 0.15) is 16.9 Å². The molecule has 1 amide bonds. The monoisotopic (exact) mass is 304 g/mol. The maximum atomic E-state index is 12.7. The first-order chi connectivity index (χ1) is 10.5. The van der Waals surface area contributed by atoms with Gasteiger partial charge in [-0.25, -0.2) is 0 Å². The Hall–Kier alpha value is -1.33. The molecule has 5 heteroatoms. The number of hydrogen-bond donors (Lipinski definition) is 0. The zero-order valence-corrected chi connectivity index (χ0v) is 14.0. The molecule has 5 nitrogen and oxygen atoms in total. The third-order valence-corrected chi connectivity index (χ3v) is 5.20. The van der Waals surface area contributed by atoms with E-state index in [1.54, 1.807) is 0 Å². The highest BCUT2D eigenvalue weighted by Crippen LogP contribution is 2.31. The fraction of sp³-hybridized carbons (Fsp3) is 0.706. The Morgan fingerprint density at radius 3 is 2.73 bits per heavy atom. The molecule has 2 atom stereocenters. The van der Waals surface area contributed by atoms with E-state index in [-0.39, 0.29) is 5.91 Å². The van der Waals surface area contributed by atoms with Gasteiger partial charge in [-0.05, 0) is 51.0 Å². The van der Waals surface area contributed by atoms with Crippen LogP contribution in [0.2, 0.25) is 0 Å². The summed E-state index contributed by atoms with van der Waals surface area (Å²) in [4.78, 5) is 19.5. The van der Waals surface area contributed by atoms with Crippen molar-refractivity contribution in [2.24, 2.45) is 18.9 Å². The SMILES string of the molecule is CN(C)CCN1CC[C@@H]2CN(C(=O)c3cccn3C)C[C@@H]2C1. The first-order valence-corrected chi connectivity index (χ1v) is 8.32. The predicted molar refractivity (Wildman–Crippen MR) is 87.9 cm³/mol. The van der Waals surface area contributed by atoms with Crippen molar-refractivity contribution < 1.29 is 4.79 Å². The molecule has 0 unspecified atom stereocenters. The van der Waals surface area contributed by atoms with Crippen LogP contribution in [0, 0.1) is 11.8 Å². The van der Waals surface area contributed by atoms with E-state index in [1.165, 1.54) is 13.0 Å². The molecule has 22 heavy (non-hydrogen) atoms. The number of hydrogen-bond acceptors (Lipinski definition) is 3. The molecule has 1 aromatic rings. The molecule has 0 N–H and O–H groups in total. The van der Waals surface area contributed by atoms with Crippen LogP contribution in [0.15, 0.2) is 18.3 Å². The van der Waals surface area contributed by atoms with Crippen molar-refractivity contribution in [1.29, 1.82) is 0 Å². The van der Waals surface area contributed by atoms with Gasteiger partial charge in [0.1, 0.15) is 5.69 Å². The highest BCUT2D eigenvalue weighted by atomic mass is 16.2. The molecule has 2 saturated heterocycles. The largest absolute Gasteiger partial charge is 0.347 e. The first-order valence-electron chi connectivity index (χ1n) is 8.32. The van der Waals surface area contributed by atoms with Gasteiger partial charge in [0.15, 0.2) is 0 Å². The molecule has 3 heterocycles. The molecule has 0 saturated carbocycles. The predicted octanol–water partition coefficient (Wildman–Crippen LogP) is 0.981. The molecule has 0 aliphatic carbocycles. The maximum absolute atomic E-state index is 12.7. The summed E-state index contributed by atoms with van der Waals surface area (Å²) in [6.45, 7) is 6.45. The highest BCUT2D eigenvalue weighted by Gasteiger charge is 2.39. The van der Waals surface area contributed by atoms with Crippen LogP contribution in [0.4, 0.5) is 0 Å². The number of likely N-dealkylation sites (N-methyl/N-ethyl adjacent to an activating group) is 1. The first kappa shape index (κ1) is 15.6. The standard InChI is InChI=1S/C17H28N4O/c1-18(2)9-10-20-8-6-14-12-21(13-15(14)11-20)17(22)16-5-4-7-19(16)3/h4-5,7,14-15H,6,8-13H2,1-3H3/t14-,15+/m1/s1. The van der Waals surface area contributed by atoms with E-state index in [0.717, 1.165) is 38.4 Å². The number of amides is 1. The molecular formula is C17H28N4O. The van der Waals surface area contributed by atoms with Gasteiger partial charge in [-0.15, -0.1) is 0 Å². The summed E-state index contributed by atoms with van der Waals surface area (Å²) < 4.78 is 1.92. The van der Waals surface area contributed by atoms with Gasteiger partial charge in [0, 0.05) is 46.0 Å². The highest BCUT2D eigenvalue weighted by molar-refractivity contribution is 5.93. The Labute approximate surface area is 133 Å². The van der Waals surface area contributed by atoms with E-state index in [0.29, 0.717) is 11.8 Å². The molecule has 1 aromatic heterocycles. The van der Waals surface area contributed by atoms with Crippen molar-refractivity contribution in [3.05, 3.63) is 24.0 Å². The zero-order valence-electron chi connectivity index (χ0n) is 14.0. The molecule has 2 aliphatic rings. The van der Waals surface area contributed by atoms with Crippen LogP contribution in [-0.4, -0.2) is 78.5 Å². The minimum absolute atomic E-state index is 0.196. The molecule has 0 bridgehead atoms. The number of nitrogens with zero attached hydrogens (tertiary/aromatic N) is 4. The Balaban J connectivity index is 1.58. The average Bonchev–Trinajstić information content (AvgIpc) is 3.09. The van der Waals surface area contributed by atoms with E-state index in [4.69, 9.17) is 0 Å². The number of carbonyl (C=O) groups excluding carboxylic acids is 1. The molecular weight excluding hydrogens is 276 g/mol. The minimum Gasteiger partial charge on any atom is -0.347 e. The lowest BCUT2D eigenvalue weighted by atomic mass is 9.89. The van der Waals surface area contributed by atoms with Crippen molar-refractivity contribution in [3.63, 3.8) is 0 Å². The van der Waals surface area contributed by atoms with Gasteiger partial charge in [-0.3, -0.25) is 4.79 Å². The van der Waals surface area contributed by atoms with Gasteiger partial charge < -0.3 is 19.3 Å². The number of aryl methyl sites for hydroxylation is 1. The molecule has 122 valence electrons. The van der Waals surface area contributed by atoms with E-state index in [2.05, 4.69) is 28.8 Å². The summed E-state index contributed by atoms with van der Waals surface area (Å²) in [5, 5.41) is 0. The molecule has 2 aliphatic heterocycles. The van der Waals surface area contributed by atoms with Crippen molar-refractivity contribution in [2.75, 3.05) is 53.4 Å². The van der Waals surface area contributed by atoms with Crippen LogP contribution in [0.5, 0.6) is 0 Å². The number of rotatable bonds is 4. The smallest absolute Gasteiger partial charge is 0.270 e. The summed E-state index contributed by atoms with van der Waals surface area (Å²) in [6, 6.07) is 3.87. The summed E-state index contributed by atoms with van der Waals surface area (Å²) in [5.41, 5.74) is 0.808. The third kappa shape index (κ3) is 3.20. The van der Waals surface area contributed by atoms with Gasteiger partial charge in [0.25, 0.3) is 5.91 Å². The van der Waals surface area contributed by atoms with Crippen LogP contribution in [0.25, 0.3) is 0 Å². The summed E-state index contributed by atoms with van der Waals surface area (Å²) in [7, 11) is 6.20. The lowest BCUT2D eigenvalue weighted by Crippen LogP contribution is -2.42. The second-order valence-electron chi connectivity index (χ2n) is 7.13. The summed E-state index contributed by atoms with van der Waals surface area (Å²) in [6.07, 6.45) is 3.17. The van der Waals surface area contributed by atoms with Crippen LogP contribution < -0.4 is 0 Å². The van der Waals surface area contributed by atoms with Crippen molar-refractivity contribution >= 4 is 5.91 Å². The van der Waals surface area contributed by atoms with Gasteiger partial charge in [-0.2, -0.15) is 0 Å². The summed E-state index contributed by atoms with van der Waals surface area (Å²) >= 11 is 0. The second kappa shape index (κ2) is 6.42. The summed E-state index contributed by atoms with van der Waals surface area (Å²) in [5.74, 6) is 1.54.